The van der Waals surface area contributed by atoms with Crippen molar-refractivity contribution in [3.63, 3.8) is 0 Å². The first kappa shape index (κ1) is 15.9. The predicted molar refractivity (Wildman–Crippen MR) is 93.1 cm³/mol. The lowest BCUT2D eigenvalue weighted by Crippen LogP contribution is -2.25. The predicted octanol–water partition coefficient (Wildman–Crippen LogP) is 2.38. The summed E-state index contributed by atoms with van der Waals surface area (Å²) in [6, 6.07) is 10.6. The van der Waals surface area contributed by atoms with Crippen LogP contribution in [0, 0.1) is 6.92 Å². The number of aryl methyl sites for hydroxylation is 1. The highest BCUT2D eigenvalue weighted by molar-refractivity contribution is 5.94. The van der Waals surface area contributed by atoms with Crippen molar-refractivity contribution >= 4 is 22.7 Å². The van der Waals surface area contributed by atoms with Gasteiger partial charge in [0.15, 0.2) is 0 Å². The molecule has 0 aliphatic rings. The summed E-state index contributed by atoms with van der Waals surface area (Å²) >= 11 is 0. The standard InChI is InChI=1S/C17H15N7O2/c1-10-14-8-13(9-18-17(14)26-22-10)19-16(25)11(2)24-21-15(20-23-24)12-6-4-3-5-7-12/h3-9,11H,1-2H3,(H,19,25). The van der Waals surface area contributed by atoms with Gasteiger partial charge in [0.05, 0.1) is 23.0 Å². The van der Waals surface area contributed by atoms with Gasteiger partial charge >= 0.3 is 0 Å². The minimum Gasteiger partial charge on any atom is -0.336 e. The van der Waals surface area contributed by atoms with E-state index in [0.717, 1.165) is 10.9 Å². The zero-order valence-electron chi connectivity index (χ0n) is 14.1. The van der Waals surface area contributed by atoms with E-state index in [1.54, 1.807) is 13.0 Å². The summed E-state index contributed by atoms with van der Waals surface area (Å²) in [5.74, 6) is 0.186. The molecule has 0 spiro atoms. The largest absolute Gasteiger partial charge is 0.336 e. The fourth-order valence-corrected chi connectivity index (χ4v) is 2.46. The van der Waals surface area contributed by atoms with E-state index in [1.807, 2.05) is 37.3 Å². The Kier molecular flexibility index (Phi) is 3.88. The molecule has 1 N–H and O–H groups in total. The number of tetrazole rings is 1. The molecule has 4 aromatic rings. The molecule has 4 rings (SSSR count). The second-order valence-electron chi connectivity index (χ2n) is 5.81. The molecule has 0 aliphatic carbocycles. The molecule has 0 saturated heterocycles. The van der Waals surface area contributed by atoms with Crippen molar-refractivity contribution in [2.75, 3.05) is 5.32 Å². The van der Waals surface area contributed by atoms with Crippen molar-refractivity contribution in [1.29, 1.82) is 0 Å². The third-order valence-corrected chi connectivity index (χ3v) is 3.96. The number of hydrogen-bond acceptors (Lipinski definition) is 7. The van der Waals surface area contributed by atoms with Gasteiger partial charge in [0, 0.05) is 5.56 Å². The molecule has 0 bridgehead atoms. The highest BCUT2D eigenvalue weighted by atomic mass is 16.5. The van der Waals surface area contributed by atoms with Gasteiger partial charge in [-0.3, -0.25) is 4.79 Å². The fraction of sp³-hybridized carbons (Fsp3) is 0.176. The molecule has 1 aromatic carbocycles. The lowest BCUT2D eigenvalue weighted by molar-refractivity contribution is -0.119. The quantitative estimate of drug-likeness (QED) is 0.602. The number of nitrogens with one attached hydrogen (secondary N) is 1. The van der Waals surface area contributed by atoms with Crippen molar-refractivity contribution in [2.45, 2.75) is 19.9 Å². The Bertz CT molecular complexity index is 1070. The molecule has 3 heterocycles. The van der Waals surface area contributed by atoms with Crippen LogP contribution in [0.4, 0.5) is 5.69 Å². The van der Waals surface area contributed by atoms with E-state index < -0.39 is 6.04 Å². The first-order valence-corrected chi connectivity index (χ1v) is 7.99. The molecular weight excluding hydrogens is 334 g/mol. The number of aromatic nitrogens is 6. The molecule has 1 amide bonds. The lowest BCUT2D eigenvalue weighted by Gasteiger charge is -2.10. The smallest absolute Gasteiger partial charge is 0.258 e. The average molecular weight is 349 g/mol. The lowest BCUT2D eigenvalue weighted by atomic mass is 10.2. The van der Waals surface area contributed by atoms with Gasteiger partial charge in [-0.25, -0.2) is 4.98 Å². The van der Waals surface area contributed by atoms with Gasteiger partial charge in [0.25, 0.3) is 11.6 Å². The summed E-state index contributed by atoms with van der Waals surface area (Å²) in [5, 5.41) is 19.7. The van der Waals surface area contributed by atoms with Crippen molar-refractivity contribution < 1.29 is 9.32 Å². The van der Waals surface area contributed by atoms with Crippen LogP contribution in [-0.2, 0) is 4.79 Å². The normalized spacial score (nSPS) is 12.2. The summed E-state index contributed by atoms with van der Waals surface area (Å²) in [6.45, 7) is 3.51. The van der Waals surface area contributed by atoms with Crippen LogP contribution in [0.1, 0.15) is 18.7 Å². The van der Waals surface area contributed by atoms with Crippen molar-refractivity contribution in [3.8, 4) is 11.4 Å². The summed E-state index contributed by atoms with van der Waals surface area (Å²) in [7, 11) is 0. The van der Waals surface area contributed by atoms with Gasteiger partial charge < -0.3 is 9.84 Å². The SMILES string of the molecule is Cc1noc2ncc(NC(=O)C(C)n3nnc(-c4ccccc4)n3)cc12. The monoisotopic (exact) mass is 349 g/mol. The third kappa shape index (κ3) is 2.90. The molecule has 9 nitrogen and oxygen atoms in total. The molecule has 1 atom stereocenters. The van der Waals surface area contributed by atoms with E-state index in [4.69, 9.17) is 4.52 Å². The molecule has 26 heavy (non-hydrogen) atoms. The van der Waals surface area contributed by atoms with Gasteiger partial charge in [-0.05, 0) is 25.1 Å². The fourth-order valence-electron chi connectivity index (χ4n) is 2.46. The van der Waals surface area contributed by atoms with Crippen LogP contribution >= 0.6 is 0 Å². The zero-order chi connectivity index (χ0) is 18.1. The van der Waals surface area contributed by atoms with E-state index in [-0.39, 0.29) is 5.91 Å². The van der Waals surface area contributed by atoms with Crippen molar-refractivity contribution in [3.05, 3.63) is 48.3 Å². The first-order chi connectivity index (χ1) is 12.6. The third-order valence-electron chi connectivity index (χ3n) is 3.96. The van der Waals surface area contributed by atoms with Gasteiger partial charge in [-0.2, -0.15) is 4.80 Å². The Morgan fingerprint density at radius 1 is 1.27 bits per heavy atom. The number of nitrogens with zero attached hydrogens (tertiary/aromatic N) is 6. The number of benzene rings is 1. The number of hydrogen-bond donors (Lipinski definition) is 1. The van der Waals surface area contributed by atoms with Gasteiger partial charge in [0.2, 0.25) is 5.82 Å². The topological polar surface area (TPSA) is 112 Å². The summed E-state index contributed by atoms with van der Waals surface area (Å²) in [6.07, 6.45) is 1.52. The molecule has 0 saturated carbocycles. The van der Waals surface area contributed by atoms with Crippen molar-refractivity contribution in [2.24, 2.45) is 0 Å². The van der Waals surface area contributed by atoms with Gasteiger partial charge in [0.1, 0.15) is 6.04 Å². The maximum Gasteiger partial charge on any atom is 0.258 e. The van der Waals surface area contributed by atoms with Gasteiger partial charge in [-0.1, -0.05) is 35.5 Å². The Balaban J connectivity index is 1.52. The molecule has 3 aromatic heterocycles. The molecular formula is C17H15N7O2. The van der Waals surface area contributed by atoms with E-state index >= 15 is 0 Å². The zero-order valence-corrected chi connectivity index (χ0v) is 14.1. The second kappa shape index (κ2) is 6.36. The molecule has 0 aliphatic heterocycles. The van der Waals surface area contributed by atoms with E-state index in [1.165, 1.54) is 11.0 Å². The first-order valence-electron chi connectivity index (χ1n) is 7.99. The van der Waals surface area contributed by atoms with Crippen LogP contribution in [0.15, 0.2) is 47.1 Å². The second-order valence-corrected chi connectivity index (χ2v) is 5.81. The number of rotatable bonds is 4. The van der Waals surface area contributed by atoms with Crippen LogP contribution in [-0.4, -0.2) is 36.3 Å². The van der Waals surface area contributed by atoms with Gasteiger partial charge in [-0.15, -0.1) is 10.2 Å². The van der Waals surface area contributed by atoms with Crippen molar-refractivity contribution in [1.82, 2.24) is 30.3 Å². The Labute approximate surface area is 148 Å². The van der Waals surface area contributed by atoms with E-state index in [9.17, 15) is 4.79 Å². The van der Waals surface area contributed by atoms with E-state index in [0.29, 0.717) is 22.9 Å². The number of fused-ring (bicyclic) bond motifs is 1. The number of carbonyl (C=O) groups is 1. The molecule has 0 fully saturated rings. The highest BCUT2D eigenvalue weighted by Crippen LogP contribution is 2.20. The minimum absolute atomic E-state index is 0.280. The average Bonchev–Trinajstić information content (AvgIpc) is 3.29. The molecule has 1 unspecified atom stereocenters. The number of amides is 1. The van der Waals surface area contributed by atoms with Crippen LogP contribution in [0.3, 0.4) is 0 Å². The molecule has 130 valence electrons. The summed E-state index contributed by atoms with van der Waals surface area (Å²) < 4.78 is 5.06. The highest BCUT2D eigenvalue weighted by Gasteiger charge is 2.19. The molecule has 0 radical (unpaired) electrons. The number of carbonyl (C=O) groups excluding carboxylic acids is 1. The summed E-state index contributed by atoms with van der Waals surface area (Å²) in [5.41, 5.74) is 2.52. The van der Waals surface area contributed by atoms with Crippen LogP contribution in [0.25, 0.3) is 22.5 Å². The maximum atomic E-state index is 12.5. The Hall–Kier alpha value is -3.62. The van der Waals surface area contributed by atoms with E-state index in [2.05, 4.69) is 30.9 Å². The minimum atomic E-state index is -0.640. The van der Waals surface area contributed by atoms with Crippen LogP contribution in [0.2, 0.25) is 0 Å². The summed E-state index contributed by atoms with van der Waals surface area (Å²) in [4.78, 5) is 17.9. The Morgan fingerprint density at radius 3 is 2.88 bits per heavy atom. The number of pyridine rings is 1. The Morgan fingerprint density at radius 2 is 2.08 bits per heavy atom. The van der Waals surface area contributed by atoms with Crippen LogP contribution < -0.4 is 5.32 Å². The van der Waals surface area contributed by atoms with Crippen LogP contribution in [0.5, 0.6) is 0 Å². The molecule has 9 heteroatoms. The number of anilines is 1. The maximum absolute atomic E-state index is 12.5.